The van der Waals surface area contributed by atoms with Gasteiger partial charge < -0.3 is 4.74 Å². The van der Waals surface area contributed by atoms with Crippen molar-refractivity contribution in [3.63, 3.8) is 0 Å². The van der Waals surface area contributed by atoms with Crippen molar-refractivity contribution in [2.45, 2.75) is 26.7 Å². The highest BCUT2D eigenvalue weighted by atomic mass is 16.5. The number of ether oxygens (including phenoxy) is 1. The molecular weight excluding hydrogens is 124 g/mol. The van der Waals surface area contributed by atoms with Crippen LogP contribution in [0.4, 0.5) is 0 Å². The summed E-state index contributed by atoms with van der Waals surface area (Å²) in [6.45, 7) is 9.24. The molecule has 1 aliphatic heterocycles. The molecule has 0 bridgehead atoms. The lowest BCUT2D eigenvalue weighted by Crippen LogP contribution is -2.18. The van der Waals surface area contributed by atoms with Crippen LogP contribution in [0.25, 0.3) is 0 Å². The minimum Gasteiger partial charge on any atom is -0.499 e. The van der Waals surface area contributed by atoms with E-state index in [2.05, 4.69) is 20.4 Å². The van der Waals surface area contributed by atoms with E-state index >= 15 is 0 Å². The molecule has 0 aromatic carbocycles. The zero-order chi connectivity index (χ0) is 7.56. The van der Waals surface area contributed by atoms with Gasteiger partial charge in [-0.2, -0.15) is 0 Å². The highest BCUT2D eigenvalue weighted by Crippen LogP contribution is 2.27. The van der Waals surface area contributed by atoms with Crippen LogP contribution in [-0.4, -0.2) is 6.61 Å². The third kappa shape index (κ3) is 1.76. The first kappa shape index (κ1) is 7.64. The zero-order valence-corrected chi connectivity index (χ0v) is 6.89. The van der Waals surface area contributed by atoms with Crippen molar-refractivity contribution in [3.8, 4) is 0 Å². The Bertz CT molecular complexity index is 127. The highest BCUT2D eigenvalue weighted by Gasteiger charge is 2.19. The fourth-order valence-electron chi connectivity index (χ4n) is 1.38. The molecule has 1 heterocycles. The highest BCUT2D eigenvalue weighted by molar-refractivity contribution is 4.89. The van der Waals surface area contributed by atoms with E-state index in [9.17, 15) is 0 Å². The molecule has 1 nitrogen and oxygen atoms in total. The summed E-state index contributed by atoms with van der Waals surface area (Å²) in [5.74, 6) is 2.56. The molecule has 1 fully saturated rings. The normalized spacial score (nSPS) is 26.7. The molecule has 58 valence electrons. The molecular formula is C9H16O. The first-order valence-corrected chi connectivity index (χ1v) is 4.00. The monoisotopic (exact) mass is 140 g/mol. The Hall–Kier alpha value is -0.460. The molecule has 0 saturated carbocycles. The summed E-state index contributed by atoms with van der Waals surface area (Å²) < 4.78 is 5.26. The Morgan fingerprint density at radius 3 is 2.70 bits per heavy atom. The minimum atomic E-state index is 0.778. The van der Waals surface area contributed by atoms with Gasteiger partial charge in [0.05, 0.1) is 12.4 Å². The summed E-state index contributed by atoms with van der Waals surface area (Å²) in [4.78, 5) is 0. The summed E-state index contributed by atoms with van der Waals surface area (Å²) in [6, 6.07) is 0. The average molecular weight is 140 g/mol. The van der Waals surface area contributed by atoms with Crippen molar-refractivity contribution >= 4 is 0 Å². The van der Waals surface area contributed by atoms with Crippen LogP contribution >= 0.6 is 0 Å². The van der Waals surface area contributed by atoms with Gasteiger partial charge in [0.2, 0.25) is 0 Å². The van der Waals surface area contributed by atoms with Crippen LogP contribution in [0.5, 0.6) is 0 Å². The molecule has 0 aromatic heterocycles. The van der Waals surface area contributed by atoms with Crippen LogP contribution in [0.3, 0.4) is 0 Å². The van der Waals surface area contributed by atoms with Gasteiger partial charge in [0, 0.05) is 6.42 Å². The van der Waals surface area contributed by atoms with E-state index in [1.54, 1.807) is 0 Å². The number of allylic oxidation sites excluding steroid dienone is 1. The Balaban J connectivity index is 2.39. The predicted molar refractivity (Wildman–Crippen MR) is 42.7 cm³/mol. The van der Waals surface area contributed by atoms with Crippen LogP contribution in [0, 0.1) is 11.8 Å². The Morgan fingerprint density at radius 1 is 1.60 bits per heavy atom. The van der Waals surface area contributed by atoms with Gasteiger partial charge >= 0.3 is 0 Å². The molecule has 0 radical (unpaired) electrons. The predicted octanol–water partition coefficient (Wildman–Crippen LogP) is 2.58. The van der Waals surface area contributed by atoms with E-state index in [0.29, 0.717) is 0 Å². The van der Waals surface area contributed by atoms with Crippen molar-refractivity contribution in [1.29, 1.82) is 0 Å². The molecule has 1 atom stereocenters. The van der Waals surface area contributed by atoms with Crippen LogP contribution < -0.4 is 0 Å². The summed E-state index contributed by atoms with van der Waals surface area (Å²) in [5, 5.41) is 0. The first-order valence-electron chi connectivity index (χ1n) is 4.00. The molecule has 0 aromatic rings. The molecule has 1 heteroatoms. The summed E-state index contributed by atoms with van der Waals surface area (Å²) in [5.41, 5.74) is 0. The maximum absolute atomic E-state index is 5.26. The lowest BCUT2D eigenvalue weighted by atomic mass is 9.88. The smallest absolute Gasteiger partial charge is 0.0891 e. The van der Waals surface area contributed by atoms with Crippen LogP contribution in [0.1, 0.15) is 26.7 Å². The van der Waals surface area contributed by atoms with E-state index in [4.69, 9.17) is 4.74 Å². The van der Waals surface area contributed by atoms with Crippen LogP contribution in [0.15, 0.2) is 12.3 Å². The van der Waals surface area contributed by atoms with Gasteiger partial charge in [-0.25, -0.2) is 0 Å². The third-order valence-corrected chi connectivity index (χ3v) is 2.23. The molecule has 0 N–H and O–H groups in total. The van der Waals surface area contributed by atoms with E-state index < -0.39 is 0 Å². The maximum atomic E-state index is 5.26. The zero-order valence-electron chi connectivity index (χ0n) is 6.89. The number of hydrogen-bond donors (Lipinski definition) is 0. The number of rotatable bonds is 1. The first-order chi connectivity index (χ1) is 4.70. The summed E-state index contributed by atoms with van der Waals surface area (Å²) in [7, 11) is 0. The molecule has 1 rings (SSSR count). The van der Waals surface area contributed by atoms with E-state index in [0.717, 1.165) is 30.6 Å². The SMILES string of the molecule is C=C1CC(C(C)C)CCO1. The Kier molecular flexibility index (Phi) is 2.36. The second kappa shape index (κ2) is 3.09. The molecule has 1 saturated heterocycles. The summed E-state index contributed by atoms with van der Waals surface area (Å²) >= 11 is 0. The fourth-order valence-corrected chi connectivity index (χ4v) is 1.38. The van der Waals surface area contributed by atoms with Gasteiger partial charge in [-0.05, 0) is 18.3 Å². The number of hydrogen-bond acceptors (Lipinski definition) is 1. The van der Waals surface area contributed by atoms with Crippen molar-refractivity contribution in [2.75, 3.05) is 6.61 Å². The van der Waals surface area contributed by atoms with Crippen LogP contribution in [-0.2, 0) is 4.74 Å². The third-order valence-electron chi connectivity index (χ3n) is 2.23. The van der Waals surface area contributed by atoms with Gasteiger partial charge in [0.25, 0.3) is 0 Å². The second-order valence-electron chi connectivity index (χ2n) is 3.38. The largest absolute Gasteiger partial charge is 0.499 e. The molecule has 0 amide bonds. The van der Waals surface area contributed by atoms with Crippen molar-refractivity contribution in [2.24, 2.45) is 11.8 Å². The molecule has 1 unspecified atom stereocenters. The van der Waals surface area contributed by atoms with Crippen LogP contribution in [0.2, 0.25) is 0 Å². The van der Waals surface area contributed by atoms with Crippen molar-refractivity contribution in [1.82, 2.24) is 0 Å². The van der Waals surface area contributed by atoms with Gasteiger partial charge in [-0.1, -0.05) is 20.4 Å². The van der Waals surface area contributed by atoms with E-state index in [1.165, 1.54) is 6.42 Å². The lowest BCUT2D eigenvalue weighted by Gasteiger charge is -2.26. The maximum Gasteiger partial charge on any atom is 0.0891 e. The second-order valence-corrected chi connectivity index (χ2v) is 3.38. The van der Waals surface area contributed by atoms with Gasteiger partial charge in [0.15, 0.2) is 0 Å². The topological polar surface area (TPSA) is 9.23 Å². The molecule has 0 spiro atoms. The lowest BCUT2D eigenvalue weighted by molar-refractivity contribution is 0.114. The minimum absolute atomic E-state index is 0.778. The van der Waals surface area contributed by atoms with Gasteiger partial charge in [0.1, 0.15) is 0 Å². The molecule has 0 aliphatic carbocycles. The van der Waals surface area contributed by atoms with E-state index in [1.807, 2.05) is 0 Å². The average Bonchev–Trinajstić information content (AvgIpc) is 1.88. The Morgan fingerprint density at radius 2 is 2.30 bits per heavy atom. The Labute approximate surface area is 63.1 Å². The van der Waals surface area contributed by atoms with Crippen molar-refractivity contribution < 1.29 is 4.74 Å². The van der Waals surface area contributed by atoms with Gasteiger partial charge in [-0.3, -0.25) is 0 Å². The van der Waals surface area contributed by atoms with Crippen molar-refractivity contribution in [3.05, 3.63) is 12.3 Å². The summed E-state index contributed by atoms with van der Waals surface area (Å²) in [6.07, 6.45) is 2.27. The fraction of sp³-hybridized carbons (Fsp3) is 0.778. The molecule has 10 heavy (non-hydrogen) atoms. The standard InChI is InChI=1S/C9H16O/c1-7(2)9-4-5-10-8(3)6-9/h7,9H,3-6H2,1-2H3. The van der Waals surface area contributed by atoms with E-state index in [-0.39, 0.29) is 0 Å². The molecule has 1 aliphatic rings. The quantitative estimate of drug-likeness (QED) is 0.544. The van der Waals surface area contributed by atoms with Gasteiger partial charge in [-0.15, -0.1) is 0 Å².